The minimum atomic E-state index is 0.524. The van der Waals surface area contributed by atoms with Crippen LogP contribution in [0, 0.1) is 6.92 Å². The van der Waals surface area contributed by atoms with Crippen molar-refractivity contribution in [3.8, 4) is 17.1 Å². The number of rotatable bonds is 4. The van der Waals surface area contributed by atoms with E-state index in [-0.39, 0.29) is 0 Å². The second-order valence-electron chi connectivity index (χ2n) is 3.69. The van der Waals surface area contributed by atoms with E-state index in [0.29, 0.717) is 11.7 Å². The molecule has 92 valence electrons. The number of methoxy groups -OCH3 is 1. The van der Waals surface area contributed by atoms with Crippen molar-refractivity contribution in [2.45, 2.75) is 6.92 Å². The first-order valence-electron chi connectivity index (χ1n) is 5.47. The van der Waals surface area contributed by atoms with Gasteiger partial charge in [-0.1, -0.05) is 30.5 Å². The van der Waals surface area contributed by atoms with Crippen molar-refractivity contribution in [2.24, 2.45) is 0 Å². The van der Waals surface area contributed by atoms with Gasteiger partial charge in [-0.2, -0.15) is 4.98 Å². The van der Waals surface area contributed by atoms with Gasteiger partial charge in [-0.3, -0.25) is 0 Å². The Kier molecular flexibility index (Phi) is 3.28. The highest BCUT2D eigenvalue weighted by Crippen LogP contribution is 2.32. The molecule has 1 aromatic heterocycles. The summed E-state index contributed by atoms with van der Waals surface area (Å²) in [6.07, 6.45) is 3.47. The summed E-state index contributed by atoms with van der Waals surface area (Å²) in [7, 11) is 1.62. The van der Waals surface area contributed by atoms with Gasteiger partial charge in [0.05, 0.1) is 7.11 Å². The zero-order valence-electron chi connectivity index (χ0n) is 10.4. The molecule has 0 saturated heterocycles. The maximum atomic E-state index is 5.29. The highest BCUT2D eigenvalue weighted by molar-refractivity contribution is 5.80. The molecule has 2 rings (SSSR count). The van der Waals surface area contributed by atoms with Crippen LogP contribution in [0.3, 0.4) is 0 Å². The zero-order chi connectivity index (χ0) is 13.1. The summed E-state index contributed by atoms with van der Waals surface area (Å²) in [5.41, 5.74) is 2.59. The predicted molar refractivity (Wildman–Crippen MR) is 71.2 cm³/mol. The second kappa shape index (κ2) is 4.87. The Morgan fingerprint density at radius 1 is 1.22 bits per heavy atom. The quantitative estimate of drug-likeness (QED) is 0.825. The lowest BCUT2D eigenvalue weighted by Gasteiger charge is -2.11. The third kappa shape index (κ3) is 1.93. The summed E-state index contributed by atoms with van der Waals surface area (Å²) in [6.45, 7) is 9.37. The van der Waals surface area contributed by atoms with Crippen LogP contribution in [-0.2, 0) is 0 Å². The van der Waals surface area contributed by atoms with Crippen LogP contribution >= 0.6 is 0 Å². The molecule has 18 heavy (non-hydrogen) atoms. The highest BCUT2D eigenvalue weighted by Gasteiger charge is 2.14. The van der Waals surface area contributed by atoms with E-state index >= 15 is 0 Å². The number of hydrogen-bond donors (Lipinski definition) is 0. The van der Waals surface area contributed by atoms with Crippen molar-refractivity contribution < 1.29 is 9.26 Å². The van der Waals surface area contributed by atoms with E-state index in [2.05, 4.69) is 23.3 Å². The number of hydrogen-bond acceptors (Lipinski definition) is 4. The Hall–Kier alpha value is -2.36. The number of benzene rings is 1. The first-order chi connectivity index (χ1) is 8.71. The van der Waals surface area contributed by atoms with Gasteiger partial charge in [0.2, 0.25) is 11.7 Å². The molecule has 4 heteroatoms. The van der Waals surface area contributed by atoms with Crippen LogP contribution in [0.5, 0.6) is 5.75 Å². The van der Waals surface area contributed by atoms with Gasteiger partial charge >= 0.3 is 0 Å². The smallest absolute Gasteiger partial charge is 0.223 e. The molecule has 1 aromatic carbocycles. The average Bonchev–Trinajstić information content (AvgIpc) is 2.83. The van der Waals surface area contributed by atoms with Crippen molar-refractivity contribution in [3.05, 3.63) is 42.3 Å². The Bertz CT molecular complexity index is 600. The van der Waals surface area contributed by atoms with E-state index in [4.69, 9.17) is 9.26 Å². The molecule has 0 aliphatic rings. The maximum Gasteiger partial charge on any atom is 0.223 e. The molecule has 0 spiro atoms. The van der Waals surface area contributed by atoms with Crippen molar-refractivity contribution in [1.29, 1.82) is 0 Å². The molecule has 0 amide bonds. The molecule has 0 saturated carbocycles. The van der Waals surface area contributed by atoms with E-state index in [9.17, 15) is 0 Å². The third-order valence-corrected chi connectivity index (χ3v) is 2.64. The normalized spacial score (nSPS) is 10.1. The van der Waals surface area contributed by atoms with Crippen LogP contribution in [-0.4, -0.2) is 17.3 Å². The van der Waals surface area contributed by atoms with Gasteiger partial charge in [0.25, 0.3) is 0 Å². The first-order valence-corrected chi connectivity index (χ1v) is 5.47. The van der Waals surface area contributed by atoms with Gasteiger partial charge < -0.3 is 9.26 Å². The molecule has 4 nitrogen and oxygen atoms in total. The summed E-state index contributed by atoms with van der Waals surface area (Å²) in [5, 5.41) is 3.92. The summed E-state index contributed by atoms with van der Waals surface area (Å²) in [6, 6.07) is 3.73. The molecule has 2 aromatic rings. The van der Waals surface area contributed by atoms with Crippen molar-refractivity contribution in [3.63, 3.8) is 0 Å². The number of aryl methyl sites for hydroxylation is 1. The fourth-order valence-electron chi connectivity index (χ4n) is 1.83. The molecule has 0 N–H and O–H groups in total. The Morgan fingerprint density at radius 3 is 2.44 bits per heavy atom. The number of aromatic nitrogens is 2. The van der Waals surface area contributed by atoms with Crippen LogP contribution in [0.2, 0.25) is 0 Å². The number of ether oxygens (including phenoxy) is 1. The zero-order valence-corrected chi connectivity index (χ0v) is 10.4. The highest BCUT2D eigenvalue weighted by atomic mass is 16.5. The lowest BCUT2D eigenvalue weighted by atomic mass is 9.99. The Morgan fingerprint density at radius 2 is 1.94 bits per heavy atom. The average molecular weight is 242 g/mol. The molecule has 1 heterocycles. The Labute approximate surface area is 106 Å². The molecule has 0 radical (unpaired) electrons. The van der Waals surface area contributed by atoms with E-state index in [1.54, 1.807) is 26.2 Å². The lowest BCUT2D eigenvalue weighted by molar-refractivity contribution is 0.394. The van der Waals surface area contributed by atoms with Gasteiger partial charge in [-0.05, 0) is 17.7 Å². The summed E-state index contributed by atoms with van der Waals surface area (Å²) in [5.74, 6) is 1.80. The second-order valence-corrected chi connectivity index (χ2v) is 3.69. The molecular formula is C14H14N2O2. The van der Waals surface area contributed by atoms with Gasteiger partial charge in [0.15, 0.2) is 0 Å². The summed E-state index contributed by atoms with van der Waals surface area (Å²) in [4.78, 5) is 4.22. The SMILES string of the molecule is C=Cc1c(OC)ccc(-c2noc(C)n2)c1C=C. The lowest BCUT2D eigenvalue weighted by Crippen LogP contribution is -1.94. The standard InChI is InChI=1S/C14H14N2O2/c1-5-10-11(6-2)13(17-4)8-7-12(10)14-15-9(3)18-16-14/h5-8H,1-2H2,3-4H3. The largest absolute Gasteiger partial charge is 0.496 e. The fraction of sp³-hybridized carbons (Fsp3) is 0.143. The topological polar surface area (TPSA) is 48.2 Å². The minimum absolute atomic E-state index is 0.524. The van der Waals surface area contributed by atoms with Crippen LogP contribution < -0.4 is 4.74 Å². The summed E-state index contributed by atoms with van der Waals surface area (Å²) < 4.78 is 10.3. The van der Waals surface area contributed by atoms with Crippen molar-refractivity contribution in [2.75, 3.05) is 7.11 Å². The monoisotopic (exact) mass is 242 g/mol. The van der Waals surface area contributed by atoms with E-state index in [0.717, 1.165) is 22.4 Å². The first kappa shape index (κ1) is 12.1. The molecule has 0 atom stereocenters. The van der Waals surface area contributed by atoms with Crippen molar-refractivity contribution in [1.82, 2.24) is 10.1 Å². The fourth-order valence-corrected chi connectivity index (χ4v) is 1.83. The third-order valence-electron chi connectivity index (χ3n) is 2.64. The molecule has 0 aliphatic heterocycles. The van der Waals surface area contributed by atoms with Crippen LogP contribution in [0.4, 0.5) is 0 Å². The molecule has 0 aliphatic carbocycles. The van der Waals surface area contributed by atoms with E-state index in [1.165, 1.54) is 0 Å². The van der Waals surface area contributed by atoms with Crippen molar-refractivity contribution >= 4 is 12.2 Å². The van der Waals surface area contributed by atoms with Gasteiger partial charge in [0.1, 0.15) is 5.75 Å². The van der Waals surface area contributed by atoms with Crippen LogP contribution in [0.1, 0.15) is 17.0 Å². The van der Waals surface area contributed by atoms with E-state index in [1.807, 2.05) is 12.1 Å². The van der Waals surface area contributed by atoms with Gasteiger partial charge in [-0.15, -0.1) is 0 Å². The summed E-state index contributed by atoms with van der Waals surface area (Å²) >= 11 is 0. The maximum absolute atomic E-state index is 5.29. The predicted octanol–water partition coefficient (Wildman–Crippen LogP) is 3.34. The number of nitrogens with zero attached hydrogens (tertiary/aromatic N) is 2. The van der Waals surface area contributed by atoms with Crippen LogP contribution in [0.25, 0.3) is 23.5 Å². The van der Waals surface area contributed by atoms with E-state index < -0.39 is 0 Å². The van der Waals surface area contributed by atoms with Gasteiger partial charge in [-0.25, -0.2) is 0 Å². The molecule has 0 unspecified atom stereocenters. The van der Waals surface area contributed by atoms with Gasteiger partial charge in [0, 0.05) is 18.1 Å². The molecule has 0 bridgehead atoms. The minimum Gasteiger partial charge on any atom is -0.496 e. The molecule has 0 fully saturated rings. The van der Waals surface area contributed by atoms with Crippen LogP contribution in [0.15, 0.2) is 29.8 Å². The Balaban J connectivity index is 2.68. The molecular weight excluding hydrogens is 228 g/mol.